The molecule has 10 heteroatoms. The third-order valence-corrected chi connectivity index (χ3v) is 7.55. The third-order valence-electron chi connectivity index (χ3n) is 6.96. The number of imidazole rings is 1. The van der Waals surface area contributed by atoms with Gasteiger partial charge in [0.05, 0.1) is 37.3 Å². The molecule has 1 atom stereocenters. The van der Waals surface area contributed by atoms with Crippen LogP contribution in [0.2, 0.25) is 0 Å². The van der Waals surface area contributed by atoms with Crippen molar-refractivity contribution in [3.8, 4) is 5.75 Å². The van der Waals surface area contributed by atoms with Gasteiger partial charge in [-0.05, 0) is 52.0 Å². The Morgan fingerprint density at radius 1 is 1.22 bits per heavy atom. The van der Waals surface area contributed by atoms with E-state index in [0.717, 1.165) is 34.2 Å². The second kappa shape index (κ2) is 9.33. The quantitative estimate of drug-likeness (QED) is 0.425. The van der Waals surface area contributed by atoms with Gasteiger partial charge in [-0.25, -0.2) is 14.8 Å². The van der Waals surface area contributed by atoms with Crippen LogP contribution in [0.5, 0.6) is 5.75 Å². The molecule has 0 aliphatic carbocycles. The summed E-state index contributed by atoms with van der Waals surface area (Å²) in [5, 5.41) is 0. The lowest BCUT2D eigenvalue weighted by atomic mass is 10.1. The van der Waals surface area contributed by atoms with Gasteiger partial charge in [-0.1, -0.05) is 36.4 Å². The van der Waals surface area contributed by atoms with Crippen molar-refractivity contribution in [2.24, 2.45) is 4.99 Å². The first-order chi connectivity index (χ1) is 18.0. The van der Waals surface area contributed by atoms with Crippen LogP contribution in [0.15, 0.2) is 51.9 Å². The lowest BCUT2D eigenvalue weighted by Crippen LogP contribution is -2.50. The van der Waals surface area contributed by atoms with Crippen molar-refractivity contribution in [3.63, 3.8) is 0 Å². The second-order valence-corrected chi connectivity index (χ2v) is 10.1. The van der Waals surface area contributed by atoms with E-state index in [1.165, 1.54) is 12.7 Å². The van der Waals surface area contributed by atoms with E-state index >= 15 is 0 Å². The summed E-state index contributed by atoms with van der Waals surface area (Å²) in [6.07, 6.45) is 1.56. The third kappa shape index (κ3) is 3.99. The fourth-order valence-electron chi connectivity index (χ4n) is 5.30. The molecule has 3 aliphatic heterocycles. The Morgan fingerprint density at radius 3 is 2.78 bits per heavy atom. The maximum Gasteiger partial charge on any atom is 0.374 e. The van der Waals surface area contributed by atoms with E-state index in [2.05, 4.69) is 39.1 Å². The average molecular weight is 564 g/mol. The van der Waals surface area contributed by atoms with Crippen LogP contribution < -0.4 is 9.64 Å². The molecule has 9 nitrogen and oxygen atoms in total. The number of hydrogen-bond acceptors (Lipinski definition) is 7. The number of halogens is 1. The number of aromatic nitrogens is 2. The van der Waals surface area contributed by atoms with E-state index in [1.54, 1.807) is 9.47 Å². The van der Waals surface area contributed by atoms with Gasteiger partial charge in [0.25, 0.3) is 5.91 Å². The van der Waals surface area contributed by atoms with Crippen LogP contribution in [0.1, 0.15) is 44.7 Å². The summed E-state index contributed by atoms with van der Waals surface area (Å²) in [4.78, 5) is 39.9. The van der Waals surface area contributed by atoms with Gasteiger partial charge in [-0.3, -0.25) is 14.6 Å². The Morgan fingerprint density at radius 2 is 2.03 bits per heavy atom. The SMILES string of the molecule is CCN1C(=O)c2c(nc(C(=O)OC)n2Cc2cc(Br)c3c(c2)CCO3)N2C[C@@H](Cc3ccccc3)N=C12. The first kappa shape index (κ1) is 23.7. The highest BCUT2D eigenvalue weighted by atomic mass is 79.9. The topological polar surface area (TPSA) is 89.3 Å². The van der Waals surface area contributed by atoms with E-state index in [1.807, 2.05) is 36.1 Å². The average Bonchev–Trinajstić information content (AvgIpc) is 3.62. The molecule has 0 saturated heterocycles. The van der Waals surface area contributed by atoms with E-state index in [4.69, 9.17) is 14.5 Å². The summed E-state index contributed by atoms with van der Waals surface area (Å²) in [5.74, 6) is 1.16. The molecule has 6 rings (SSSR count). The fourth-order valence-corrected chi connectivity index (χ4v) is 5.96. The number of amides is 1. The van der Waals surface area contributed by atoms with Crippen molar-refractivity contribution in [3.05, 3.63) is 75.1 Å². The highest BCUT2D eigenvalue weighted by Gasteiger charge is 2.44. The second-order valence-electron chi connectivity index (χ2n) is 9.28. The molecular formula is C27H26BrN5O4. The molecule has 0 radical (unpaired) electrons. The van der Waals surface area contributed by atoms with Crippen molar-refractivity contribution < 1.29 is 19.1 Å². The maximum atomic E-state index is 13.8. The first-order valence-electron chi connectivity index (χ1n) is 12.3. The van der Waals surface area contributed by atoms with E-state index in [9.17, 15) is 9.59 Å². The molecule has 0 saturated carbocycles. The number of carbonyl (C=O) groups excluding carboxylic acids is 2. The monoisotopic (exact) mass is 563 g/mol. The van der Waals surface area contributed by atoms with Crippen LogP contribution in [0.4, 0.5) is 5.82 Å². The summed E-state index contributed by atoms with van der Waals surface area (Å²) in [6.45, 7) is 3.87. The van der Waals surface area contributed by atoms with Crippen LogP contribution in [0.25, 0.3) is 0 Å². The van der Waals surface area contributed by atoms with E-state index in [-0.39, 0.29) is 24.3 Å². The molecule has 2 aromatic carbocycles. The molecule has 0 fully saturated rings. The van der Waals surface area contributed by atoms with Gasteiger partial charge >= 0.3 is 5.97 Å². The highest BCUT2D eigenvalue weighted by Crippen LogP contribution is 2.37. The van der Waals surface area contributed by atoms with Crippen molar-refractivity contribution in [1.29, 1.82) is 0 Å². The maximum absolute atomic E-state index is 13.8. The molecule has 3 aromatic rings. The highest BCUT2D eigenvalue weighted by molar-refractivity contribution is 9.10. The van der Waals surface area contributed by atoms with Gasteiger partial charge in [0.1, 0.15) is 5.75 Å². The molecule has 0 spiro atoms. The van der Waals surface area contributed by atoms with E-state index in [0.29, 0.717) is 37.2 Å². The number of anilines is 1. The first-order valence-corrected chi connectivity index (χ1v) is 13.1. The normalized spacial score (nSPS) is 17.8. The van der Waals surface area contributed by atoms with Crippen LogP contribution in [-0.4, -0.2) is 65.1 Å². The number of fused-ring (bicyclic) bond motifs is 4. The smallest absolute Gasteiger partial charge is 0.374 e. The molecule has 190 valence electrons. The predicted molar refractivity (Wildman–Crippen MR) is 141 cm³/mol. The zero-order valence-corrected chi connectivity index (χ0v) is 22.2. The Kier molecular flexibility index (Phi) is 5.98. The van der Waals surface area contributed by atoms with Crippen molar-refractivity contribution in [2.45, 2.75) is 32.4 Å². The number of rotatable bonds is 6. The lowest BCUT2D eigenvalue weighted by Gasteiger charge is -2.33. The number of aliphatic imine (C=N–C) groups is 1. The summed E-state index contributed by atoms with van der Waals surface area (Å²) in [6, 6.07) is 14.2. The minimum absolute atomic E-state index is 0.0374. The number of guanidine groups is 1. The molecule has 0 bridgehead atoms. The largest absolute Gasteiger partial charge is 0.492 e. The number of esters is 1. The summed E-state index contributed by atoms with van der Waals surface area (Å²) in [7, 11) is 1.32. The molecular weight excluding hydrogens is 538 g/mol. The summed E-state index contributed by atoms with van der Waals surface area (Å²) < 4.78 is 13.3. The van der Waals surface area contributed by atoms with Gasteiger partial charge in [-0.15, -0.1) is 0 Å². The minimum Gasteiger partial charge on any atom is -0.492 e. The summed E-state index contributed by atoms with van der Waals surface area (Å²) in [5.41, 5.74) is 3.57. The van der Waals surface area contributed by atoms with E-state index < -0.39 is 5.97 Å². The number of nitrogens with zero attached hydrogens (tertiary/aromatic N) is 5. The van der Waals surface area contributed by atoms with Gasteiger partial charge in [0, 0.05) is 13.0 Å². The predicted octanol–water partition coefficient (Wildman–Crippen LogP) is 3.68. The number of benzene rings is 2. The molecule has 1 amide bonds. The van der Waals surface area contributed by atoms with Crippen LogP contribution in [0, 0.1) is 0 Å². The number of carbonyl (C=O) groups is 2. The number of methoxy groups -OCH3 is 1. The van der Waals surface area contributed by atoms with Crippen LogP contribution >= 0.6 is 15.9 Å². The van der Waals surface area contributed by atoms with Crippen molar-refractivity contribution >= 4 is 39.6 Å². The van der Waals surface area contributed by atoms with Crippen molar-refractivity contribution in [1.82, 2.24) is 14.5 Å². The van der Waals surface area contributed by atoms with Crippen molar-refractivity contribution in [2.75, 3.05) is 31.7 Å². The fraction of sp³-hybridized carbons (Fsp3) is 0.333. The van der Waals surface area contributed by atoms with Gasteiger partial charge in [-0.2, -0.15) is 0 Å². The molecule has 0 unspecified atom stereocenters. The van der Waals surface area contributed by atoms with Gasteiger partial charge < -0.3 is 14.0 Å². The molecule has 3 aliphatic rings. The molecule has 0 N–H and O–H groups in total. The zero-order valence-electron chi connectivity index (χ0n) is 20.6. The summed E-state index contributed by atoms with van der Waals surface area (Å²) >= 11 is 3.60. The molecule has 37 heavy (non-hydrogen) atoms. The van der Waals surface area contributed by atoms with Crippen LogP contribution in [0.3, 0.4) is 0 Å². The van der Waals surface area contributed by atoms with Gasteiger partial charge in [0.2, 0.25) is 11.8 Å². The molecule has 4 heterocycles. The van der Waals surface area contributed by atoms with Gasteiger partial charge in [0.15, 0.2) is 11.5 Å². The lowest BCUT2D eigenvalue weighted by molar-refractivity contribution is 0.0581. The Balaban J connectivity index is 1.42. The molecule has 1 aromatic heterocycles. The number of ether oxygens (including phenoxy) is 2. The minimum atomic E-state index is -0.590. The Hall–Kier alpha value is -3.66. The number of hydrogen-bond donors (Lipinski definition) is 0. The standard InChI is InChI=1S/C27H26BrN5O4/c1-3-31-25(34)21-23(33-15-19(29-27(31)33)12-16-7-5-4-6-8-16)30-24(26(35)36-2)32(21)14-17-11-18-9-10-37-22(18)20(28)13-17/h4-8,11,13,19H,3,9-10,12,14-15H2,1-2H3/t19-/m1/s1. The Bertz CT molecular complexity index is 1430. The zero-order chi connectivity index (χ0) is 25.7. The Labute approximate surface area is 222 Å². The van der Waals surface area contributed by atoms with Crippen LogP contribution in [-0.2, 0) is 24.1 Å².